The molecule has 0 N–H and O–H groups in total. The normalized spacial score (nSPS) is 9.75. The van der Waals surface area contributed by atoms with E-state index in [0.717, 1.165) is 5.69 Å². The number of hydrogen-bond donors (Lipinski definition) is 0. The number of rotatable bonds is 3. The van der Waals surface area contributed by atoms with Crippen LogP contribution in [0.1, 0.15) is 11.4 Å². The summed E-state index contributed by atoms with van der Waals surface area (Å²) in [5.41, 5.74) is 3.13. The predicted octanol–water partition coefficient (Wildman–Crippen LogP) is 1.44. The maximum atomic E-state index is 8.73. The van der Waals surface area contributed by atoms with Crippen LogP contribution in [0, 0.1) is 11.3 Å². The third-order valence-corrected chi connectivity index (χ3v) is 2.62. The Morgan fingerprint density at radius 1 is 1.50 bits per heavy atom. The van der Waals surface area contributed by atoms with Crippen LogP contribution in [-0.4, -0.2) is 22.0 Å². The number of thiazole rings is 1. The van der Waals surface area contributed by atoms with E-state index in [-0.39, 0.29) is 0 Å². The second-order valence-corrected chi connectivity index (χ2v) is 3.91. The first-order valence-electron chi connectivity index (χ1n) is 4.61. The lowest BCUT2D eigenvalue weighted by Gasteiger charge is -2.14. The van der Waals surface area contributed by atoms with Gasteiger partial charge < -0.3 is 4.90 Å². The van der Waals surface area contributed by atoms with E-state index >= 15 is 0 Å². The highest BCUT2D eigenvalue weighted by Crippen LogP contribution is 2.10. The molecule has 0 unspecified atom stereocenters. The fraction of sp³-hybridized carbons (Fsp3) is 0.200. The van der Waals surface area contributed by atoms with Crippen LogP contribution in [0.4, 0.5) is 5.95 Å². The van der Waals surface area contributed by atoms with Gasteiger partial charge in [-0.1, -0.05) is 0 Å². The second-order valence-electron chi connectivity index (χ2n) is 3.19. The minimum absolute atomic E-state index is 0.370. The van der Waals surface area contributed by atoms with Crippen molar-refractivity contribution in [3.63, 3.8) is 0 Å². The topological polar surface area (TPSA) is 65.7 Å². The molecule has 0 saturated heterocycles. The average Bonchev–Trinajstić information content (AvgIpc) is 2.82. The maximum absolute atomic E-state index is 8.73. The van der Waals surface area contributed by atoms with Crippen LogP contribution in [-0.2, 0) is 6.54 Å². The van der Waals surface area contributed by atoms with E-state index in [0.29, 0.717) is 18.2 Å². The van der Waals surface area contributed by atoms with Crippen molar-refractivity contribution >= 4 is 17.3 Å². The van der Waals surface area contributed by atoms with Crippen LogP contribution < -0.4 is 4.90 Å². The largest absolute Gasteiger partial charge is 0.338 e. The highest BCUT2D eigenvalue weighted by Gasteiger charge is 2.06. The smallest absolute Gasteiger partial charge is 0.226 e. The first kappa shape index (κ1) is 10.5. The zero-order valence-electron chi connectivity index (χ0n) is 8.66. The zero-order valence-corrected chi connectivity index (χ0v) is 9.48. The van der Waals surface area contributed by atoms with Gasteiger partial charge in [0, 0.05) is 18.6 Å². The molecule has 0 aromatic carbocycles. The summed E-state index contributed by atoms with van der Waals surface area (Å²) in [6.07, 6.45) is 1.58. The predicted molar refractivity (Wildman–Crippen MR) is 61.0 cm³/mol. The molecule has 5 nitrogen and oxygen atoms in total. The molecule has 0 amide bonds. The van der Waals surface area contributed by atoms with Gasteiger partial charge in [0.25, 0.3) is 0 Å². The van der Waals surface area contributed by atoms with Crippen LogP contribution in [0.15, 0.2) is 23.2 Å². The second kappa shape index (κ2) is 4.68. The van der Waals surface area contributed by atoms with E-state index in [2.05, 4.69) is 15.0 Å². The highest BCUT2D eigenvalue weighted by atomic mass is 32.1. The average molecular weight is 231 g/mol. The Balaban J connectivity index is 2.15. The summed E-state index contributed by atoms with van der Waals surface area (Å²) in [5.74, 6) is 0.534. The summed E-state index contributed by atoms with van der Waals surface area (Å²) in [4.78, 5) is 14.2. The molecule has 0 saturated carbocycles. The van der Waals surface area contributed by atoms with E-state index < -0.39 is 0 Å². The zero-order chi connectivity index (χ0) is 11.4. The molecular formula is C10H9N5S. The Labute approximate surface area is 97.0 Å². The van der Waals surface area contributed by atoms with Gasteiger partial charge in [0.1, 0.15) is 11.8 Å². The van der Waals surface area contributed by atoms with Crippen LogP contribution >= 0.6 is 11.3 Å². The van der Waals surface area contributed by atoms with Crippen LogP contribution in [0.25, 0.3) is 0 Å². The van der Waals surface area contributed by atoms with Crippen molar-refractivity contribution in [2.24, 2.45) is 0 Å². The summed E-state index contributed by atoms with van der Waals surface area (Å²) < 4.78 is 0. The molecule has 0 aliphatic heterocycles. The molecule has 0 spiro atoms. The quantitative estimate of drug-likeness (QED) is 0.799. The summed E-state index contributed by atoms with van der Waals surface area (Å²) in [5, 5.41) is 10.7. The Hall–Kier alpha value is -2.00. The molecule has 0 aliphatic rings. The minimum Gasteiger partial charge on any atom is -0.338 e. The Kier molecular flexibility index (Phi) is 3.08. The van der Waals surface area contributed by atoms with Crippen molar-refractivity contribution in [3.05, 3.63) is 34.5 Å². The van der Waals surface area contributed by atoms with Gasteiger partial charge in [-0.25, -0.2) is 15.0 Å². The van der Waals surface area contributed by atoms with Crippen molar-refractivity contribution in [1.82, 2.24) is 15.0 Å². The molecule has 2 aromatic heterocycles. The van der Waals surface area contributed by atoms with Gasteiger partial charge in [0.05, 0.1) is 17.7 Å². The van der Waals surface area contributed by atoms with Crippen molar-refractivity contribution in [2.45, 2.75) is 6.54 Å². The van der Waals surface area contributed by atoms with Crippen molar-refractivity contribution in [3.8, 4) is 6.07 Å². The third-order valence-electron chi connectivity index (χ3n) is 1.98. The fourth-order valence-electron chi connectivity index (χ4n) is 1.22. The monoisotopic (exact) mass is 231 g/mol. The van der Waals surface area contributed by atoms with E-state index in [4.69, 9.17) is 5.26 Å². The molecule has 0 atom stereocenters. The number of hydrogen-bond acceptors (Lipinski definition) is 6. The van der Waals surface area contributed by atoms with Gasteiger partial charge in [-0.05, 0) is 6.07 Å². The van der Waals surface area contributed by atoms with Gasteiger partial charge in [-0.15, -0.1) is 11.3 Å². The Bertz CT molecular complexity index is 502. The Morgan fingerprint density at radius 3 is 3.06 bits per heavy atom. The van der Waals surface area contributed by atoms with Gasteiger partial charge in [0.15, 0.2) is 0 Å². The molecule has 80 valence electrons. The van der Waals surface area contributed by atoms with Crippen molar-refractivity contribution in [1.29, 1.82) is 5.26 Å². The van der Waals surface area contributed by atoms with E-state index in [1.54, 1.807) is 29.1 Å². The molecule has 0 radical (unpaired) electrons. The number of aromatic nitrogens is 3. The molecule has 0 aliphatic carbocycles. The maximum Gasteiger partial charge on any atom is 0.226 e. The molecular weight excluding hydrogens is 222 g/mol. The van der Waals surface area contributed by atoms with Gasteiger partial charge in [-0.3, -0.25) is 0 Å². The summed E-state index contributed by atoms with van der Waals surface area (Å²) in [6.45, 7) is 0.637. The van der Waals surface area contributed by atoms with Crippen molar-refractivity contribution in [2.75, 3.05) is 11.9 Å². The van der Waals surface area contributed by atoms with Crippen molar-refractivity contribution < 1.29 is 0 Å². The molecule has 6 heteroatoms. The molecule has 16 heavy (non-hydrogen) atoms. The number of nitrogens with zero attached hydrogens (tertiary/aromatic N) is 5. The molecule has 2 heterocycles. The first-order valence-corrected chi connectivity index (χ1v) is 5.55. The molecule has 2 rings (SSSR count). The fourth-order valence-corrected chi connectivity index (χ4v) is 1.77. The number of anilines is 1. The first-order chi connectivity index (χ1) is 7.79. The molecule has 0 fully saturated rings. The minimum atomic E-state index is 0.370. The lowest BCUT2D eigenvalue weighted by atomic mass is 10.4. The van der Waals surface area contributed by atoms with Gasteiger partial charge >= 0.3 is 0 Å². The van der Waals surface area contributed by atoms with Gasteiger partial charge in [0.2, 0.25) is 5.95 Å². The van der Waals surface area contributed by atoms with Crippen LogP contribution in [0.3, 0.4) is 0 Å². The standard InChI is InChI=1S/C10H9N5S/c1-15(5-9-6-16-7-13-9)10-12-3-2-8(4-11)14-10/h2-3,6-7H,5H2,1H3. The third kappa shape index (κ3) is 2.32. The summed E-state index contributed by atoms with van der Waals surface area (Å²) in [6, 6.07) is 3.57. The SMILES string of the molecule is CN(Cc1cscn1)c1nccc(C#N)n1. The Morgan fingerprint density at radius 2 is 2.38 bits per heavy atom. The molecule has 2 aromatic rings. The van der Waals surface area contributed by atoms with E-state index in [9.17, 15) is 0 Å². The number of nitriles is 1. The van der Waals surface area contributed by atoms with Crippen LogP contribution in [0.5, 0.6) is 0 Å². The lowest BCUT2D eigenvalue weighted by Crippen LogP contribution is -2.19. The summed E-state index contributed by atoms with van der Waals surface area (Å²) in [7, 11) is 1.87. The van der Waals surface area contributed by atoms with E-state index in [1.165, 1.54) is 0 Å². The molecule has 0 bridgehead atoms. The summed E-state index contributed by atoms with van der Waals surface area (Å²) >= 11 is 1.55. The lowest BCUT2D eigenvalue weighted by molar-refractivity contribution is 0.845. The van der Waals surface area contributed by atoms with Gasteiger partial charge in [-0.2, -0.15) is 5.26 Å². The van der Waals surface area contributed by atoms with Crippen LogP contribution in [0.2, 0.25) is 0 Å². The van der Waals surface area contributed by atoms with E-state index in [1.807, 2.05) is 23.4 Å². The highest BCUT2D eigenvalue weighted by molar-refractivity contribution is 7.07.